The Balaban J connectivity index is 0.00000450. The van der Waals surface area contributed by atoms with Crippen molar-refractivity contribution in [1.82, 2.24) is 16.0 Å². The SMILES string of the molecule is CCNC(=NCc1cccc(C(=O)NC(C)CC)c1)NCC(C)(O)c1ccco1.I. The van der Waals surface area contributed by atoms with Crippen LogP contribution in [0.25, 0.3) is 0 Å². The Kier molecular flexibility index (Phi) is 10.9. The van der Waals surface area contributed by atoms with Gasteiger partial charge < -0.3 is 25.5 Å². The van der Waals surface area contributed by atoms with Crippen LogP contribution in [0, 0.1) is 0 Å². The number of nitrogens with one attached hydrogen (secondary N) is 3. The highest BCUT2D eigenvalue weighted by atomic mass is 127. The Hall–Kier alpha value is -2.07. The summed E-state index contributed by atoms with van der Waals surface area (Å²) < 4.78 is 5.30. The van der Waals surface area contributed by atoms with Crippen LogP contribution in [-0.2, 0) is 12.1 Å². The Morgan fingerprint density at radius 3 is 2.63 bits per heavy atom. The maximum atomic E-state index is 12.3. The molecule has 2 unspecified atom stereocenters. The topological polar surface area (TPSA) is 98.9 Å². The van der Waals surface area contributed by atoms with Crippen molar-refractivity contribution in [3.8, 4) is 0 Å². The highest BCUT2D eigenvalue weighted by Gasteiger charge is 2.26. The Bertz CT molecular complexity index is 806. The quantitative estimate of drug-likeness (QED) is 0.227. The van der Waals surface area contributed by atoms with E-state index in [0.29, 0.717) is 30.4 Å². The molecule has 4 N–H and O–H groups in total. The molecule has 0 radical (unpaired) electrons. The van der Waals surface area contributed by atoms with Crippen molar-refractivity contribution in [3.63, 3.8) is 0 Å². The molecule has 1 aromatic heterocycles. The van der Waals surface area contributed by atoms with Crippen LogP contribution in [0.1, 0.15) is 55.8 Å². The molecule has 0 bridgehead atoms. The first-order chi connectivity index (χ1) is 13.9. The van der Waals surface area contributed by atoms with Crippen LogP contribution in [0.5, 0.6) is 0 Å². The summed E-state index contributed by atoms with van der Waals surface area (Å²) in [6.07, 6.45) is 2.42. The van der Waals surface area contributed by atoms with Crippen molar-refractivity contribution in [1.29, 1.82) is 0 Å². The third kappa shape index (κ3) is 7.98. The summed E-state index contributed by atoms with van der Waals surface area (Å²) in [5.74, 6) is 0.986. The lowest BCUT2D eigenvalue weighted by atomic mass is 10.0. The van der Waals surface area contributed by atoms with Gasteiger partial charge in [0.15, 0.2) is 5.96 Å². The molecule has 166 valence electrons. The largest absolute Gasteiger partial charge is 0.466 e. The number of hydrogen-bond acceptors (Lipinski definition) is 4. The second-order valence-electron chi connectivity index (χ2n) is 7.28. The highest BCUT2D eigenvalue weighted by molar-refractivity contribution is 14.0. The van der Waals surface area contributed by atoms with E-state index in [-0.39, 0.29) is 42.5 Å². The zero-order valence-electron chi connectivity index (χ0n) is 18.1. The summed E-state index contributed by atoms with van der Waals surface area (Å²) in [6.45, 7) is 9.01. The Morgan fingerprint density at radius 2 is 2.00 bits per heavy atom. The molecule has 0 aliphatic rings. The molecule has 1 amide bonds. The number of benzene rings is 1. The zero-order chi connectivity index (χ0) is 21.3. The number of halogens is 1. The van der Waals surface area contributed by atoms with Crippen molar-refractivity contribution >= 4 is 35.8 Å². The van der Waals surface area contributed by atoms with Crippen molar-refractivity contribution in [2.24, 2.45) is 4.99 Å². The number of aliphatic hydroxyl groups is 1. The first-order valence-electron chi connectivity index (χ1n) is 10.0. The van der Waals surface area contributed by atoms with Crippen LogP contribution < -0.4 is 16.0 Å². The number of aliphatic imine (C=N–C) groups is 1. The van der Waals surface area contributed by atoms with Crippen LogP contribution in [-0.4, -0.2) is 36.1 Å². The van der Waals surface area contributed by atoms with E-state index in [4.69, 9.17) is 4.42 Å². The van der Waals surface area contributed by atoms with Crippen molar-refractivity contribution in [2.75, 3.05) is 13.1 Å². The predicted octanol–water partition coefficient (Wildman–Crippen LogP) is 3.39. The van der Waals surface area contributed by atoms with Gasteiger partial charge in [-0.1, -0.05) is 19.1 Å². The van der Waals surface area contributed by atoms with Gasteiger partial charge in [0, 0.05) is 18.2 Å². The first-order valence-corrected chi connectivity index (χ1v) is 10.0. The molecular formula is C22H33IN4O3. The molecule has 0 spiro atoms. The summed E-state index contributed by atoms with van der Waals surface area (Å²) >= 11 is 0. The molecule has 1 aromatic carbocycles. The molecule has 2 aromatic rings. The molecule has 0 aliphatic carbocycles. The number of nitrogens with zero attached hydrogens (tertiary/aromatic N) is 1. The van der Waals surface area contributed by atoms with E-state index < -0.39 is 5.60 Å². The van der Waals surface area contributed by atoms with Gasteiger partial charge in [0.1, 0.15) is 11.4 Å². The molecule has 8 heteroatoms. The van der Waals surface area contributed by atoms with Crippen LogP contribution in [0.3, 0.4) is 0 Å². The molecule has 7 nitrogen and oxygen atoms in total. The average molecular weight is 528 g/mol. The van der Waals surface area contributed by atoms with E-state index in [0.717, 1.165) is 12.0 Å². The zero-order valence-corrected chi connectivity index (χ0v) is 20.4. The summed E-state index contributed by atoms with van der Waals surface area (Å²) in [7, 11) is 0. The maximum absolute atomic E-state index is 12.3. The second-order valence-corrected chi connectivity index (χ2v) is 7.28. The fraction of sp³-hybridized carbons (Fsp3) is 0.455. The lowest BCUT2D eigenvalue weighted by Crippen LogP contribution is -2.44. The van der Waals surface area contributed by atoms with E-state index >= 15 is 0 Å². The minimum atomic E-state index is -1.16. The summed E-state index contributed by atoms with van der Waals surface area (Å²) in [5.41, 5.74) is 0.390. The van der Waals surface area contributed by atoms with E-state index in [2.05, 4.69) is 20.9 Å². The number of guanidine groups is 1. The third-order valence-electron chi connectivity index (χ3n) is 4.60. The third-order valence-corrected chi connectivity index (χ3v) is 4.60. The number of carbonyl (C=O) groups excluding carboxylic acids is 1. The molecule has 2 atom stereocenters. The van der Waals surface area contributed by atoms with Gasteiger partial charge in [0.05, 0.1) is 19.4 Å². The standard InChI is InChI=1S/C22H32N4O3.HI/c1-5-16(3)26-20(27)18-10-7-9-17(13-18)14-24-21(23-6-2)25-15-22(4,28)19-11-8-12-29-19;/h7-13,16,28H,5-6,14-15H2,1-4H3,(H,26,27)(H2,23,24,25);1H. The molecule has 30 heavy (non-hydrogen) atoms. The van der Waals surface area contributed by atoms with Gasteiger partial charge in [-0.15, -0.1) is 24.0 Å². The van der Waals surface area contributed by atoms with Crippen molar-refractivity contribution in [2.45, 2.75) is 52.3 Å². The van der Waals surface area contributed by atoms with Gasteiger partial charge in [0.2, 0.25) is 0 Å². The minimum absolute atomic E-state index is 0. The molecule has 0 aliphatic heterocycles. The summed E-state index contributed by atoms with van der Waals surface area (Å²) in [6, 6.07) is 11.1. The normalized spacial score (nSPS) is 14.2. The van der Waals surface area contributed by atoms with Crippen LogP contribution >= 0.6 is 24.0 Å². The van der Waals surface area contributed by atoms with E-state index in [1.807, 2.05) is 39.0 Å². The number of hydrogen-bond donors (Lipinski definition) is 4. The lowest BCUT2D eigenvalue weighted by molar-refractivity contribution is 0.0386. The Labute approximate surface area is 195 Å². The highest BCUT2D eigenvalue weighted by Crippen LogP contribution is 2.19. The van der Waals surface area contributed by atoms with Crippen molar-refractivity contribution in [3.05, 3.63) is 59.5 Å². The lowest BCUT2D eigenvalue weighted by Gasteiger charge is -2.22. The van der Waals surface area contributed by atoms with Crippen LogP contribution in [0.4, 0.5) is 0 Å². The predicted molar refractivity (Wildman–Crippen MR) is 130 cm³/mol. The molecule has 0 fully saturated rings. The summed E-state index contributed by atoms with van der Waals surface area (Å²) in [5, 5.41) is 19.9. The average Bonchev–Trinajstić information content (AvgIpc) is 3.26. The second kappa shape index (κ2) is 12.6. The van der Waals surface area contributed by atoms with E-state index in [1.165, 1.54) is 6.26 Å². The van der Waals surface area contributed by atoms with Gasteiger partial charge in [0.25, 0.3) is 5.91 Å². The van der Waals surface area contributed by atoms with Gasteiger partial charge in [-0.3, -0.25) is 4.79 Å². The first kappa shape index (κ1) is 26.0. The minimum Gasteiger partial charge on any atom is -0.466 e. The van der Waals surface area contributed by atoms with E-state index in [1.54, 1.807) is 25.1 Å². The smallest absolute Gasteiger partial charge is 0.251 e. The van der Waals surface area contributed by atoms with Gasteiger partial charge in [-0.25, -0.2) is 4.99 Å². The van der Waals surface area contributed by atoms with E-state index in [9.17, 15) is 9.90 Å². The van der Waals surface area contributed by atoms with Gasteiger partial charge in [-0.05, 0) is 57.0 Å². The maximum Gasteiger partial charge on any atom is 0.251 e. The molecular weight excluding hydrogens is 495 g/mol. The van der Waals surface area contributed by atoms with Gasteiger partial charge in [-0.2, -0.15) is 0 Å². The van der Waals surface area contributed by atoms with Gasteiger partial charge >= 0.3 is 0 Å². The number of carbonyl (C=O) groups is 1. The fourth-order valence-corrected chi connectivity index (χ4v) is 2.66. The molecule has 0 saturated carbocycles. The molecule has 0 saturated heterocycles. The number of rotatable bonds is 9. The van der Waals surface area contributed by atoms with Crippen LogP contribution in [0.2, 0.25) is 0 Å². The number of furan rings is 1. The fourth-order valence-electron chi connectivity index (χ4n) is 2.66. The number of amides is 1. The van der Waals surface area contributed by atoms with Crippen LogP contribution in [0.15, 0.2) is 52.1 Å². The molecule has 2 rings (SSSR count). The Morgan fingerprint density at radius 1 is 1.23 bits per heavy atom. The summed E-state index contributed by atoms with van der Waals surface area (Å²) in [4.78, 5) is 16.9. The van der Waals surface area contributed by atoms with Crippen molar-refractivity contribution < 1.29 is 14.3 Å². The monoisotopic (exact) mass is 528 g/mol. The molecule has 1 heterocycles.